The van der Waals surface area contributed by atoms with Crippen LogP contribution in [0.1, 0.15) is 32.1 Å². The van der Waals surface area contributed by atoms with E-state index >= 15 is 0 Å². The van der Waals surface area contributed by atoms with Crippen LogP contribution in [0.2, 0.25) is 0 Å². The average Bonchev–Trinajstić information content (AvgIpc) is 2.41. The molecule has 0 heterocycles. The zero-order chi connectivity index (χ0) is 12.8. The molecule has 0 aliphatic heterocycles. The summed E-state index contributed by atoms with van der Waals surface area (Å²) in [4.78, 5) is 0.349. The minimum absolute atomic E-state index is 0.349. The molecule has 0 bridgehead atoms. The lowest BCUT2D eigenvalue weighted by molar-refractivity contribution is 0.380. The molecule has 1 N–H and O–H groups in total. The van der Waals surface area contributed by atoms with Crippen LogP contribution in [-0.2, 0) is 10.0 Å². The van der Waals surface area contributed by atoms with Gasteiger partial charge in [-0.1, -0.05) is 31.0 Å². The van der Waals surface area contributed by atoms with Crippen LogP contribution in [-0.4, -0.2) is 15.0 Å². The fraction of sp³-hybridized carbons (Fsp3) is 0.500. The normalized spacial score (nSPS) is 17.8. The van der Waals surface area contributed by atoms with Gasteiger partial charge in [0.1, 0.15) is 0 Å². The van der Waals surface area contributed by atoms with Gasteiger partial charge in [0.25, 0.3) is 0 Å². The maximum Gasteiger partial charge on any atom is 0.240 e. The number of rotatable bonds is 5. The Morgan fingerprint density at radius 2 is 1.78 bits per heavy atom. The molecule has 18 heavy (non-hydrogen) atoms. The molecule has 3 nitrogen and oxygen atoms in total. The SMILES string of the molecule is O=S(=O)(NCCC1CC[CH]CC1)c1ccccc1. The zero-order valence-electron chi connectivity index (χ0n) is 10.5. The molecule has 1 aliphatic carbocycles. The first kappa shape index (κ1) is 13.6. The second-order valence-corrected chi connectivity index (χ2v) is 6.58. The molecule has 1 aromatic rings. The first-order chi connectivity index (χ1) is 8.68. The lowest BCUT2D eigenvalue weighted by atomic mass is 9.87. The predicted molar refractivity (Wildman–Crippen MR) is 72.5 cm³/mol. The van der Waals surface area contributed by atoms with Crippen molar-refractivity contribution in [3.8, 4) is 0 Å². The lowest BCUT2D eigenvalue weighted by Gasteiger charge is -2.21. The van der Waals surface area contributed by atoms with Gasteiger partial charge in [-0.3, -0.25) is 0 Å². The molecule has 1 fully saturated rings. The highest BCUT2D eigenvalue weighted by atomic mass is 32.2. The summed E-state index contributed by atoms with van der Waals surface area (Å²) in [6.07, 6.45) is 8.02. The van der Waals surface area contributed by atoms with E-state index in [9.17, 15) is 8.42 Å². The highest BCUT2D eigenvalue weighted by Crippen LogP contribution is 2.25. The summed E-state index contributed by atoms with van der Waals surface area (Å²) >= 11 is 0. The van der Waals surface area contributed by atoms with Crippen LogP contribution in [0.15, 0.2) is 35.2 Å². The molecule has 0 saturated heterocycles. The molecule has 1 aliphatic rings. The Balaban J connectivity index is 1.82. The summed E-state index contributed by atoms with van der Waals surface area (Å²) in [7, 11) is -3.32. The third kappa shape index (κ3) is 3.82. The van der Waals surface area contributed by atoms with Gasteiger partial charge in [0.15, 0.2) is 0 Å². The molecule has 1 saturated carbocycles. The molecular formula is C14H20NO2S. The third-order valence-corrected chi connectivity index (χ3v) is 4.93. The van der Waals surface area contributed by atoms with Gasteiger partial charge in [0.2, 0.25) is 10.0 Å². The summed E-state index contributed by atoms with van der Waals surface area (Å²) < 4.78 is 26.6. The molecule has 0 unspecified atom stereocenters. The maximum atomic E-state index is 12.0. The Morgan fingerprint density at radius 1 is 1.11 bits per heavy atom. The standard InChI is InChI=1S/C14H20NO2S/c16-18(17,14-9-5-2-6-10-14)15-12-11-13-7-3-1-4-8-13/h1-2,5-6,9-10,13,15H,3-4,7-8,11-12H2. The van der Waals surface area contributed by atoms with E-state index in [1.807, 2.05) is 6.07 Å². The first-order valence-electron chi connectivity index (χ1n) is 6.55. The van der Waals surface area contributed by atoms with Gasteiger partial charge in [-0.2, -0.15) is 0 Å². The molecule has 0 spiro atoms. The fourth-order valence-electron chi connectivity index (χ4n) is 2.36. The summed E-state index contributed by atoms with van der Waals surface area (Å²) in [6.45, 7) is 0.544. The maximum absolute atomic E-state index is 12.0. The molecule has 1 aromatic carbocycles. The second-order valence-electron chi connectivity index (χ2n) is 4.81. The van der Waals surface area contributed by atoms with Crippen LogP contribution < -0.4 is 4.72 Å². The quantitative estimate of drug-likeness (QED) is 0.890. The van der Waals surface area contributed by atoms with Gasteiger partial charge in [0.05, 0.1) is 4.90 Å². The molecular weight excluding hydrogens is 246 g/mol. The lowest BCUT2D eigenvalue weighted by Crippen LogP contribution is -2.26. The molecule has 2 rings (SSSR count). The van der Waals surface area contributed by atoms with Crippen LogP contribution in [0, 0.1) is 12.3 Å². The van der Waals surface area contributed by atoms with Gasteiger partial charge in [0, 0.05) is 6.54 Å². The summed E-state index contributed by atoms with van der Waals surface area (Å²) in [6, 6.07) is 8.55. The van der Waals surface area contributed by atoms with Gasteiger partial charge < -0.3 is 0 Å². The third-order valence-electron chi connectivity index (χ3n) is 3.46. The Morgan fingerprint density at radius 3 is 2.44 bits per heavy atom. The van der Waals surface area contributed by atoms with Gasteiger partial charge in [-0.15, -0.1) is 0 Å². The van der Waals surface area contributed by atoms with E-state index in [0.717, 1.165) is 6.42 Å². The number of sulfonamides is 1. The topological polar surface area (TPSA) is 46.2 Å². The molecule has 4 heteroatoms. The number of nitrogens with one attached hydrogen (secondary N) is 1. The zero-order valence-corrected chi connectivity index (χ0v) is 11.3. The highest BCUT2D eigenvalue weighted by molar-refractivity contribution is 7.89. The molecule has 0 aromatic heterocycles. The predicted octanol–water partition coefficient (Wildman–Crippen LogP) is 2.75. The van der Waals surface area contributed by atoms with Crippen molar-refractivity contribution in [1.29, 1.82) is 0 Å². The number of hydrogen-bond donors (Lipinski definition) is 1. The van der Waals surface area contributed by atoms with E-state index < -0.39 is 10.0 Å². The summed E-state index contributed by atoms with van der Waals surface area (Å²) in [5.41, 5.74) is 0. The number of hydrogen-bond acceptors (Lipinski definition) is 2. The molecule has 0 amide bonds. The highest BCUT2D eigenvalue weighted by Gasteiger charge is 2.16. The van der Waals surface area contributed by atoms with Crippen LogP contribution >= 0.6 is 0 Å². The van der Waals surface area contributed by atoms with E-state index in [4.69, 9.17) is 0 Å². The Hall–Kier alpha value is -0.870. The second kappa shape index (κ2) is 6.34. The van der Waals surface area contributed by atoms with Crippen molar-refractivity contribution in [3.05, 3.63) is 36.8 Å². The van der Waals surface area contributed by atoms with Gasteiger partial charge >= 0.3 is 0 Å². The Bertz CT molecular complexity index is 450. The van der Waals surface area contributed by atoms with E-state index in [0.29, 0.717) is 17.4 Å². The smallest absolute Gasteiger partial charge is 0.211 e. The Labute approximate surface area is 110 Å². The van der Waals surface area contributed by atoms with Crippen LogP contribution in [0.3, 0.4) is 0 Å². The van der Waals surface area contributed by atoms with Gasteiger partial charge in [-0.05, 0) is 43.7 Å². The van der Waals surface area contributed by atoms with Crippen molar-refractivity contribution >= 4 is 10.0 Å². The van der Waals surface area contributed by atoms with Crippen molar-refractivity contribution in [2.75, 3.05) is 6.54 Å². The Kier molecular flexibility index (Phi) is 4.78. The van der Waals surface area contributed by atoms with Crippen LogP contribution in [0.5, 0.6) is 0 Å². The van der Waals surface area contributed by atoms with Crippen molar-refractivity contribution in [2.24, 2.45) is 5.92 Å². The summed E-state index contributed by atoms with van der Waals surface area (Å²) in [5.74, 6) is 0.675. The number of benzene rings is 1. The first-order valence-corrected chi connectivity index (χ1v) is 8.03. The van der Waals surface area contributed by atoms with Crippen molar-refractivity contribution in [3.63, 3.8) is 0 Å². The van der Waals surface area contributed by atoms with Gasteiger partial charge in [-0.25, -0.2) is 13.1 Å². The molecule has 99 valence electrons. The largest absolute Gasteiger partial charge is 0.240 e. The molecule has 1 radical (unpaired) electrons. The summed E-state index contributed by atoms with van der Waals surface area (Å²) in [5, 5.41) is 0. The van der Waals surface area contributed by atoms with E-state index in [-0.39, 0.29) is 0 Å². The van der Waals surface area contributed by atoms with Crippen LogP contribution in [0.25, 0.3) is 0 Å². The monoisotopic (exact) mass is 266 g/mol. The van der Waals surface area contributed by atoms with Crippen molar-refractivity contribution in [1.82, 2.24) is 4.72 Å². The minimum atomic E-state index is -3.32. The van der Waals surface area contributed by atoms with Crippen molar-refractivity contribution in [2.45, 2.75) is 37.0 Å². The van der Waals surface area contributed by atoms with Crippen molar-refractivity contribution < 1.29 is 8.42 Å². The average molecular weight is 266 g/mol. The van der Waals surface area contributed by atoms with Crippen LogP contribution in [0.4, 0.5) is 0 Å². The fourth-order valence-corrected chi connectivity index (χ4v) is 3.43. The van der Waals surface area contributed by atoms with E-state index in [2.05, 4.69) is 11.1 Å². The molecule has 0 atom stereocenters. The minimum Gasteiger partial charge on any atom is -0.211 e. The van der Waals surface area contributed by atoms with E-state index in [1.54, 1.807) is 24.3 Å². The van der Waals surface area contributed by atoms with E-state index in [1.165, 1.54) is 25.7 Å².